The maximum atomic E-state index is 13.5. The number of carbonyl (C=O) groups excluding carboxylic acids is 2. The predicted molar refractivity (Wildman–Crippen MR) is 129 cm³/mol. The van der Waals surface area contributed by atoms with Crippen LogP contribution in [0.5, 0.6) is 0 Å². The summed E-state index contributed by atoms with van der Waals surface area (Å²) >= 11 is 1.41. The van der Waals surface area contributed by atoms with Gasteiger partial charge in [-0.1, -0.05) is 32.0 Å². The van der Waals surface area contributed by atoms with E-state index in [1.165, 1.54) is 11.3 Å². The van der Waals surface area contributed by atoms with E-state index in [0.29, 0.717) is 35.0 Å². The van der Waals surface area contributed by atoms with Crippen LogP contribution in [-0.2, 0) is 11.3 Å². The Morgan fingerprint density at radius 3 is 2.76 bits per heavy atom. The summed E-state index contributed by atoms with van der Waals surface area (Å²) in [7, 11) is 1.55. The highest BCUT2D eigenvalue weighted by molar-refractivity contribution is 7.17. The summed E-state index contributed by atoms with van der Waals surface area (Å²) in [6.45, 7) is 4.93. The number of benzene rings is 1. The second-order valence-corrected chi connectivity index (χ2v) is 9.54. The minimum Gasteiger partial charge on any atom is -0.389 e. The van der Waals surface area contributed by atoms with Crippen molar-refractivity contribution in [2.45, 2.75) is 26.4 Å². The molecule has 1 fully saturated rings. The largest absolute Gasteiger partial charge is 0.389 e. The molecule has 3 aromatic rings. The number of thiophene rings is 1. The van der Waals surface area contributed by atoms with Gasteiger partial charge in [0.05, 0.1) is 23.2 Å². The molecule has 9 heteroatoms. The Morgan fingerprint density at radius 1 is 1.27 bits per heavy atom. The molecular formula is C24H28N4O4S. The molecule has 2 aromatic heterocycles. The summed E-state index contributed by atoms with van der Waals surface area (Å²) < 4.78 is 0. The fraction of sp³-hybridized carbons (Fsp3) is 0.375. The third-order valence-electron chi connectivity index (χ3n) is 5.44. The molecule has 0 spiro atoms. The molecule has 0 radical (unpaired) electrons. The standard InChI is InChI=1S/C24H28N4O4S/c1-14(2)11-27-23-21(22(30)25-3)20(24(31)28-12-16(29)13-32-28)19(33-23)10-15-8-9-26-18-7-5-4-6-17(15)18/h4-9,14,16,27,29H,10-13H2,1-3H3,(H,25,30)/t16-/m1/s1. The van der Waals surface area contributed by atoms with E-state index in [-0.39, 0.29) is 19.1 Å². The zero-order chi connectivity index (χ0) is 23.5. The van der Waals surface area contributed by atoms with Crippen molar-refractivity contribution < 1.29 is 19.5 Å². The molecule has 4 rings (SSSR count). The van der Waals surface area contributed by atoms with E-state index in [4.69, 9.17) is 4.84 Å². The third kappa shape index (κ3) is 4.85. The molecule has 0 aliphatic carbocycles. The van der Waals surface area contributed by atoms with Gasteiger partial charge < -0.3 is 15.7 Å². The van der Waals surface area contributed by atoms with E-state index in [0.717, 1.165) is 26.4 Å². The first kappa shape index (κ1) is 23.2. The van der Waals surface area contributed by atoms with Crippen molar-refractivity contribution in [2.24, 2.45) is 5.92 Å². The van der Waals surface area contributed by atoms with Crippen molar-refractivity contribution in [2.75, 3.05) is 32.1 Å². The quantitative estimate of drug-likeness (QED) is 0.492. The lowest BCUT2D eigenvalue weighted by atomic mass is 10.0. The fourth-order valence-electron chi connectivity index (χ4n) is 3.81. The average molecular weight is 469 g/mol. The molecule has 33 heavy (non-hydrogen) atoms. The highest BCUT2D eigenvalue weighted by Gasteiger charge is 2.34. The summed E-state index contributed by atoms with van der Waals surface area (Å²) in [4.78, 5) is 37.1. The van der Waals surface area contributed by atoms with E-state index in [9.17, 15) is 14.7 Å². The normalized spacial score (nSPS) is 15.9. The van der Waals surface area contributed by atoms with Gasteiger partial charge in [-0.15, -0.1) is 11.3 Å². The Labute approximate surface area is 196 Å². The fourth-order valence-corrected chi connectivity index (χ4v) is 5.03. The SMILES string of the molecule is CNC(=O)c1c(NCC(C)C)sc(Cc2ccnc3ccccc23)c1C(=O)N1C[C@@H](O)CO1. The Hall–Kier alpha value is -3.01. The minimum atomic E-state index is -0.748. The number of aliphatic hydroxyl groups excluding tert-OH is 1. The number of nitrogens with one attached hydrogen (secondary N) is 2. The van der Waals surface area contributed by atoms with Gasteiger partial charge in [-0.3, -0.25) is 19.4 Å². The highest BCUT2D eigenvalue weighted by Crippen LogP contribution is 2.37. The zero-order valence-corrected chi connectivity index (χ0v) is 19.7. The molecule has 8 nitrogen and oxygen atoms in total. The molecule has 1 aromatic carbocycles. The lowest BCUT2D eigenvalue weighted by Crippen LogP contribution is -2.31. The summed E-state index contributed by atoms with van der Waals surface area (Å²) in [5, 5.41) is 18.7. The molecule has 0 bridgehead atoms. The van der Waals surface area contributed by atoms with Crippen molar-refractivity contribution >= 4 is 39.1 Å². The molecule has 1 atom stereocenters. The van der Waals surface area contributed by atoms with Crippen LogP contribution in [-0.4, -0.2) is 59.8 Å². The summed E-state index contributed by atoms with van der Waals surface area (Å²) in [6, 6.07) is 9.79. The third-order valence-corrected chi connectivity index (χ3v) is 6.58. The number of rotatable bonds is 7. The van der Waals surface area contributed by atoms with E-state index in [2.05, 4.69) is 29.5 Å². The first-order valence-corrected chi connectivity index (χ1v) is 11.8. The van der Waals surface area contributed by atoms with Gasteiger partial charge >= 0.3 is 0 Å². The zero-order valence-electron chi connectivity index (χ0n) is 18.9. The van der Waals surface area contributed by atoms with Gasteiger partial charge in [0.15, 0.2) is 0 Å². The molecule has 3 N–H and O–H groups in total. The average Bonchev–Trinajstić information content (AvgIpc) is 3.40. The topological polar surface area (TPSA) is 104 Å². The van der Waals surface area contributed by atoms with E-state index in [1.54, 1.807) is 13.2 Å². The van der Waals surface area contributed by atoms with Crippen LogP contribution in [0.1, 0.15) is 45.0 Å². The second kappa shape index (κ2) is 9.86. The number of para-hydroxylation sites is 1. The van der Waals surface area contributed by atoms with Crippen LogP contribution in [0, 0.1) is 5.92 Å². The van der Waals surface area contributed by atoms with Gasteiger partial charge in [0.25, 0.3) is 11.8 Å². The number of β-amino-alcohol motifs (C(OH)–C–C–N with tert-alkyl or cyclic N) is 1. The lowest BCUT2D eigenvalue weighted by Gasteiger charge is -2.16. The number of amides is 2. The first-order chi connectivity index (χ1) is 15.9. The summed E-state index contributed by atoms with van der Waals surface area (Å²) in [6.07, 6.45) is 1.46. The minimum absolute atomic E-state index is 0.0496. The Kier molecular flexibility index (Phi) is 6.92. The number of carbonyl (C=O) groups is 2. The maximum absolute atomic E-state index is 13.5. The number of hydrogen-bond acceptors (Lipinski definition) is 7. The van der Waals surface area contributed by atoms with Crippen molar-refractivity contribution in [1.82, 2.24) is 15.4 Å². The van der Waals surface area contributed by atoms with Crippen LogP contribution >= 0.6 is 11.3 Å². The number of pyridine rings is 1. The van der Waals surface area contributed by atoms with Crippen LogP contribution in [0.4, 0.5) is 5.00 Å². The monoisotopic (exact) mass is 468 g/mol. The number of fused-ring (bicyclic) bond motifs is 1. The number of anilines is 1. The molecule has 0 saturated carbocycles. The molecule has 2 amide bonds. The predicted octanol–water partition coefficient (Wildman–Crippen LogP) is 3.06. The Bertz CT molecular complexity index is 1170. The molecule has 174 valence electrons. The maximum Gasteiger partial charge on any atom is 0.279 e. The van der Waals surface area contributed by atoms with Crippen molar-refractivity contribution in [3.8, 4) is 0 Å². The highest BCUT2D eigenvalue weighted by atomic mass is 32.1. The van der Waals surface area contributed by atoms with Gasteiger partial charge in [-0.25, -0.2) is 5.06 Å². The number of aliphatic hydroxyl groups is 1. The summed E-state index contributed by atoms with van der Waals surface area (Å²) in [5.74, 6) is -0.410. The van der Waals surface area contributed by atoms with Crippen LogP contribution in [0.15, 0.2) is 36.5 Å². The smallest absolute Gasteiger partial charge is 0.279 e. The van der Waals surface area contributed by atoms with Gasteiger partial charge in [0.2, 0.25) is 0 Å². The molecular weight excluding hydrogens is 440 g/mol. The molecule has 1 aliphatic heterocycles. The number of aromatic nitrogens is 1. The Morgan fingerprint density at radius 2 is 2.06 bits per heavy atom. The van der Waals surface area contributed by atoms with Crippen molar-refractivity contribution in [1.29, 1.82) is 0 Å². The van der Waals surface area contributed by atoms with Crippen LogP contribution in [0.25, 0.3) is 10.9 Å². The number of nitrogens with zero attached hydrogens (tertiary/aromatic N) is 2. The van der Waals surface area contributed by atoms with Gasteiger partial charge in [-0.2, -0.15) is 0 Å². The van der Waals surface area contributed by atoms with Crippen molar-refractivity contribution in [3.63, 3.8) is 0 Å². The van der Waals surface area contributed by atoms with E-state index in [1.807, 2.05) is 30.3 Å². The second-order valence-electron chi connectivity index (χ2n) is 8.44. The van der Waals surface area contributed by atoms with E-state index < -0.39 is 12.0 Å². The molecule has 0 unspecified atom stereocenters. The molecule has 3 heterocycles. The van der Waals surface area contributed by atoms with Gasteiger partial charge in [-0.05, 0) is 23.6 Å². The van der Waals surface area contributed by atoms with Crippen molar-refractivity contribution in [3.05, 3.63) is 58.1 Å². The van der Waals surface area contributed by atoms with E-state index >= 15 is 0 Å². The van der Waals surface area contributed by atoms with Crippen LogP contribution in [0.3, 0.4) is 0 Å². The Balaban J connectivity index is 1.83. The molecule has 1 aliphatic rings. The van der Waals surface area contributed by atoms with Gasteiger partial charge in [0.1, 0.15) is 17.7 Å². The number of hydroxylamine groups is 2. The first-order valence-electron chi connectivity index (χ1n) is 11.0. The van der Waals surface area contributed by atoms with Crippen LogP contribution < -0.4 is 10.6 Å². The lowest BCUT2D eigenvalue weighted by molar-refractivity contribution is -0.0780. The number of hydrogen-bond donors (Lipinski definition) is 3. The van der Waals surface area contributed by atoms with Crippen LogP contribution in [0.2, 0.25) is 0 Å². The van der Waals surface area contributed by atoms with Gasteiger partial charge in [0, 0.05) is 36.5 Å². The molecule has 1 saturated heterocycles. The summed E-state index contributed by atoms with van der Waals surface area (Å²) in [5.41, 5.74) is 2.50.